The van der Waals surface area contributed by atoms with Crippen LogP contribution in [0.3, 0.4) is 0 Å². The Morgan fingerprint density at radius 3 is 2.50 bits per heavy atom. The Bertz CT molecular complexity index is 1340. The maximum atomic E-state index is 13.1. The third kappa shape index (κ3) is 4.05. The summed E-state index contributed by atoms with van der Waals surface area (Å²) < 4.78 is 51.7. The zero-order valence-electron chi connectivity index (χ0n) is 18.5. The predicted molar refractivity (Wildman–Crippen MR) is 120 cm³/mol. The van der Waals surface area contributed by atoms with Crippen LogP contribution in [0.2, 0.25) is 0 Å². The van der Waals surface area contributed by atoms with E-state index in [1.54, 1.807) is 12.5 Å². The molecule has 4 aromatic rings. The number of hydrogen-bond acceptors (Lipinski definition) is 5. The summed E-state index contributed by atoms with van der Waals surface area (Å²) in [5.74, 6) is 1.36. The number of aryl methyl sites for hydroxylation is 1. The molecule has 1 atom stereocenters. The van der Waals surface area contributed by atoms with Crippen LogP contribution in [0.25, 0.3) is 11.1 Å². The number of hydrogen-bond donors (Lipinski definition) is 0. The Labute approximate surface area is 193 Å². The van der Waals surface area contributed by atoms with Crippen LogP contribution >= 0.6 is 0 Å². The molecule has 5 rings (SSSR count). The summed E-state index contributed by atoms with van der Waals surface area (Å²) in [6, 6.07) is 16.5. The van der Waals surface area contributed by atoms with Gasteiger partial charge in [0.15, 0.2) is 11.5 Å². The van der Waals surface area contributed by atoms with Gasteiger partial charge in [0.25, 0.3) is 0 Å². The van der Waals surface area contributed by atoms with E-state index < -0.39 is 18.1 Å². The molecule has 0 aliphatic carbocycles. The van der Waals surface area contributed by atoms with E-state index >= 15 is 0 Å². The largest absolute Gasteiger partial charge is 0.472 e. The minimum Gasteiger partial charge on any atom is -0.472 e. The van der Waals surface area contributed by atoms with E-state index in [1.807, 2.05) is 67.3 Å². The highest BCUT2D eigenvalue weighted by Gasteiger charge is 2.34. The number of benzene rings is 2. The summed E-state index contributed by atoms with van der Waals surface area (Å²) in [6.07, 6.45) is -0.279. The van der Waals surface area contributed by atoms with Gasteiger partial charge in [-0.05, 0) is 42.7 Å². The van der Waals surface area contributed by atoms with Gasteiger partial charge in [-0.2, -0.15) is 18.3 Å². The third-order valence-corrected chi connectivity index (χ3v) is 5.82. The molecule has 1 aliphatic heterocycles. The normalized spacial score (nSPS) is 15.7. The van der Waals surface area contributed by atoms with E-state index in [-0.39, 0.29) is 6.54 Å². The summed E-state index contributed by atoms with van der Waals surface area (Å²) in [5.41, 5.74) is 3.47. The highest BCUT2D eigenvalue weighted by molar-refractivity contribution is 5.68. The van der Waals surface area contributed by atoms with E-state index in [0.717, 1.165) is 33.9 Å². The maximum absolute atomic E-state index is 13.1. The van der Waals surface area contributed by atoms with Crippen LogP contribution in [0.1, 0.15) is 34.4 Å². The quantitative estimate of drug-likeness (QED) is 0.349. The Hall–Kier alpha value is -4.01. The van der Waals surface area contributed by atoms with Crippen LogP contribution < -0.4 is 4.90 Å². The average Bonchev–Trinajstić information content (AvgIpc) is 3.55. The van der Waals surface area contributed by atoms with Gasteiger partial charge in [0, 0.05) is 23.5 Å². The lowest BCUT2D eigenvalue weighted by atomic mass is 9.96. The topological polar surface area (TPSA) is 56.3 Å². The molecule has 0 amide bonds. The minimum absolute atomic E-state index is 0.163. The van der Waals surface area contributed by atoms with Gasteiger partial charge in [0.2, 0.25) is 6.23 Å². The fourth-order valence-electron chi connectivity index (χ4n) is 3.96. The first-order valence-corrected chi connectivity index (χ1v) is 10.6. The molecule has 174 valence electrons. The van der Waals surface area contributed by atoms with Crippen LogP contribution in [-0.2, 0) is 17.5 Å². The van der Waals surface area contributed by atoms with Crippen LogP contribution in [-0.4, -0.2) is 14.9 Å². The SMILES string of the molecule is Cc1onc(N2C=COC2c2ccc(-c3ccccc3)c(Cn3ccc(C(F)(F)F)n3)c2)c1C. The van der Waals surface area contributed by atoms with E-state index in [2.05, 4.69) is 10.3 Å². The monoisotopic (exact) mass is 466 g/mol. The molecule has 0 fully saturated rings. The molecule has 0 N–H and O–H groups in total. The summed E-state index contributed by atoms with van der Waals surface area (Å²) in [7, 11) is 0. The van der Waals surface area contributed by atoms with Crippen LogP contribution in [0.4, 0.5) is 19.0 Å². The second-order valence-electron chi connectivity index (χ2n) is 8.05. The van der Waals surface area contributed by atoms with Gasteiger partial charge in [-0.1, -0.05) is 47.6 Å². The lowest BCUT2D eigenvalue weighted by Crippen LogP contribution is -2.21. The molecule has 1 aliphatic rings. The molecule has 2 aromatic carbocycles. The lowest BCUT2D eigenvalue weighted by molar-refractivity contribution is -0.141. The molecule has 3 heterocycles. The van der Waals surface area contributed by atoms with Crippen molar-refractivity contribution in [3.63, 3.8) is 0 Å². The average molecular weight is 466 g/mol. The van der Waals surface area contributed by atoms with Crippen LogP contribution in [0.15, 0.2) is 77.8 Å². The van der Waals surface area contributed by atoms with E-state index in [0.29, 0.717) is 11.6 Å². The number of aromatic nitrogens is 3. The second kappa shape index (κ2) is 8.40. The Morgan fingerprint density at radius 1 is 1.03 bits per heavy atom. The molecule has 0 saturated carbocycles. The summed E-state index contributed by atoms with van der Waals surface area (Å²) >= 11 is 0. The van der Waals surface area contributed by atoms with Gasteiger partial charge in [-0.3, -0.25) is 9.58 Å². The number of anilines is 1. The molecular formula is C25H21F3N4O2. The smallest absolute Gasteiger partial charge is 0.435 e. The van der Waals surface area contributed by atoms with Gasteiger partial charge in [-0.25, -0.2) is 0 Å². The van der Waals surface area contributed by atoms with Crippen molar-refractivity contribution < 1.29 is 22.4 Å². The van der Waals surface area contributed by atoms with E-state index in [4.69, 9.17) is 9.26 Å². The van der Waals surface area contributed by atoms with Crippen molar-refractivity contribution in [2.75, 3.05) is 4.90 Å². The molecule has 0 bridgehead atoms. The minimum atomic E-state index is -4.49. The van der Waals surface area contributed by atoms with Crippen molar-refractivity contribution in [1.29, 1.82) is 0 Å². The standard InChI is InChI=1S/C25H21F3N4O2/c1-16-17(2)34-30-23(16)32-12-13-33-24(32)19-8-9-21(18-6-4-3-5-7-18)20(14-19)15-31-11-10-22(29-31)25(26,27)28/h3-14,24H,15H2,1-2H3. The Balaban J connectivity index is 1.54. The highest BCUT2D eigenvalue weighted by atomic mass is 19.4. The van der Waals surface area contributed by atoms with Crippen molar-refractivity contribution in [2.45, 2.75) is 32.8 Å². The fraction of sp³-hybridized carbons (Fsp3) is 0.200. The molecule has 9 heteroatoms. The third-order valence-electron chi connectivity index (χ3n) is 5.82. The maximum Gasteiger partial charge on any atom is 0.435 e. The summed E-state index contributed by atoms with van der Waals surface area (Å²) in [5, 5.41) is 7.88. The van der Waals surface area contributed by atoms with Crippen LogP contribution in [0.5, 0.6) is 0 Å². The zero-order valence-corrected chi connectivity index (χ0v) is 18.5. The number of nitrogens with zero attached hydrogens (tertiary/aromatic N) is 4. The van der Waals surface area contributed by atoms with E-state index in [9.17, 15) is 13.2 Å². The second-order valence-corrected chi connectivity index (χ2v) is 8.05. The first-order valence-electron chi connectivity index (χ1n) is 10.6. The van der Waals surface area contributed by atoms with Gasteiger partial charge < -0.3 is 9.26 Å². The summed E-state index contributed by atoms with van der Waals surface area (Å²) in [6.45, 7) is 3.92. The van der Waals surface area contributed by atoms with Gasteiger partial charge in [0.1, 0.15) is 12.0 Å². The fourth-order valence-corrected chi connectivity index (χ4v) is 3.96. The van der Waals surface area contributed by atoms with E-state index in [1.165, 1.54) is 10.9 Å². The summed E-state index contributed by atoms with van der Waals surface area (Å²) in [4.78, 5) is 1.86. The van der Waals surface area contributed by atoms with Gasteiger partial charge >= 0.3 is 6.18 Å². The number of alkyl halides is 3. The molecule has 1 unspecified atom stereocenters. The zero-order chi connectivity index (χ0) is 23.9. The number of ether oxygens (including phenoxy) is 1. The van der Waals surface area contributed by atoms with Crippen molar-refractivity contribution >= 4 is 5.82 Å². The molecular weight excluding hydrogens is 445 g/mol. The first-order chi connectivity index (χ1) is 16.3. The van der Waals surface area contributed by atoms with Crippen molar-refractivity contribution in [1.82, 2.24) is 14.9 Å². The Morgan fingerprint density at radius 2 is 1.82 bits per heavy atom. The molecule has 34 heavy (non-hydrogen) atoms. The first kappa shape index (κ1) is 21.8. The lowest BCUT2D eigenvalue weighted by Gasteiger charge is -2.24. The molecule has 6 nitrogen and oxygen atoms in total. The van der Waals surface area contributed by atoms with Crippen molar-refractivity contribution in [2.24, 2.45) is 0 Å². The van der Waals surface area contributed by atoms with Gasteiger partial charge in [0.05, 0.1) is 6.54 Å². The number of halogens is 3. The molecule has 0 spiro atoms. The predicted octanol–water partition coefficient (Wildman–Crippen LogP) is 6.23. The van der Waals surface area contributed by atoms with Crippen LogP contribution in [0, 0.1) is 13.8 Å². The van der Waals surface area contributed by atoms with Crippen molar-refractivity contribution in [3.05, 3.63) is 101 Å². The Kier molecular flexibility index (Phi) is 5.39. The molecule has 0 radical (unpaired) electrons. The number of rotatable bonds is 5. The molecule has 0 saturated heterocycles. The van der Waals surface area contributed by atoms with Crippen molar-refractivity contribution in [3.8, 4) is 11.1 Å². The molecule has 2 aromatic heterocycles. The highest BCUT2D eigenvalue weighted by Crippen LogP contribution is 2.37. The van der Waals surface area contributed by atoms with Gasteiger partial charge in [-0.15, -0.1) is 0 Å².